The van der Waals surface area contributed by atoms with E-state index in [1.54, 1.807) is 24.5 Å². The number of nitrogens with zero attached hydrogens (tertiary/aromatic N) is 3. The van der Waals surface area contributed by atoms with Crippen LogP contribution in [0.3, 0.4) is 0 Å². The molecule has 0 saturated carbocycles. The van der Waals surface area contributed by atoms with Gasteiger partial charge in [0.15, 0.2) is 0 Å². The van der Waals surface area contributed by atoms with Gasteiger partial charge < -0.3 is 10.4 Å². The number of nitrogens with one attached hydrogen (secondary N) is 1. The van der Waals surface area contributed by atoms with Crippen molar-refractivity contribution in [2.75, 3.05) is 5.32 Å². The first-order valence-corrected chi connectivity index (χ1v) is 8.15. The molecule has 4 aromatic rings. The number of pyridine rings is 1. The fraction of sp³-hybridized carbons (Fsp3) is 0.0500. The highest BCUT2D eigenvalue weighted by Crippen LogP contribution is 2.20. The lowest BCUT2D eigenvalue weighted by atomic mass is 10.2. The maximum absolute atomic E-state index is 13.1. The topological polar surface area (TPSA) is 80.0 Å². The Morgan fingerprint density at radius 3 is 2.54 bits per heavy atom. The fourth-order valence-corrected chi connectivity index (χ4v) is 2.76. The molecular formula is C20H16N4O2. The summed E-state index contributed by atoms with van der Waals surface area (Å²) in [7, 11) is 0. The molecule has 2 aromatic heterocycles. The zero-order valence-corrected chi connectivity index (χ0v) is 13.8. The van der Waals surface area contributed by atoms with Gasteiger partial charge in [0, 0.05) is 11.9 Å². The fourth-order valence-electron chi connectivity index (χ4n) is 2.76. The summed E-state index contributed by atoms with van der Waals surface area (Å²) in [6.45, 7) is -0.0190. The Kier molecular flexibility index (Phi) is 4.17. The van der Waals surface area contributed by atoms with Gasteiger partial charge in [-0.05, 0) is 42.0 Å². The van der Waals surface area contributed by atoms with Crippen molar-refractivity contribution in [3.8, 4) is 5.69 Å². The number of aliphatic hydroxyl groups excluding tert-OH is 1. The Bertz CT molecular complexity index is 1110. The number of hydrogen-bond donors (Lipinski definition) is 2. The standard InChI is InChI=1S/C20H16N4O2/c25-13-14-7-9-15(10-8-14)22-20-23-18-6-2-1-5-17(18)19(26)24(20)16-4-3-11-21-12-16/h1-12,25H,13H2,(H,22,23). The number of hydrogen-bond acceptors (Lipinski definition) is 5. The largest absolute Gasteiger partial charge is 0.392 e. The van der Waals surface area contributed by atoms with Crippen LogP contribution in [0.1, 0.15) is 5.56 Å². The zero-order chi connectivity index (χ0) is 17.9. The van der Waals surface area contributed by atoms with Gasteiger partial charge in [0.05, 0.1) is 29.4 Å². The van der Waals surface area contributed by atoms with Crippen LogP contribution in [0, 0.1) is 0 Å². The molecule has 6 nitrogen and oxygen atoms in total. The Morgan fingerprint density at radius 1 is 1.00 bits per heavy atom. The van der Waals surface area contributed by atoms with E-state index in [-0.39, 0.29) is 12.2 Å². The molecule has 0 aliphatic carbocycles. The van der Waals surface area contributed by atoms with Crippen LogP contribution < -0.4 is 10.9 Å². The average molecular weight is 344 g/mol. The van der Waals surface area contributed by atoms with Gasteiger partial charge in [-0.15, -0.1) is 0 Å². The van der Waals surface area contributed by atoms with Crippen LogP contribution in [0.4, 0.5) is 11.6 Å². The van der Waals surface area contributed by atoms with E-state index in [1.165, 1.54) is 4.57 Å². The second-order valence-electron chi connectivity index (χ2n) is 5.78. The Balaban J connectivity index is 1.90. The summed E-state index contributed by atoms with van der Waals surface area (Å²) in [5.74, 6) is 0.401. The minimum Gasteiger partial charge on any atom is -0.392 e. The molecule has 0 radical (unpaired) electrons. The van der Waals surface area contributed by atoms with E-state index < -0.39 is 0 Å². The third-order valence-corrected chi connectivity index (χ3v) is 4.07. The van der Waals surface area contributed by atoms with Crippen LogP contribution in [-0.4, -0.2) is 19.6 Å². The van der Waals surface area contributed by atoms with Crippen LogP contribution >= 0.6 is 0 Å². The molecule has 0 bridgehead atoms. The van der Waals surface area contributed by atoms with Gasteiger partial charge in [-0.2, -0.15) is 0 Å². The van der Waals surface area contributed by atoms with Crippen molar-refractivity contribution in [2.24, 2.45) is 0 Å². The second kappa shape index (κ2) is 6.78. The smallest absolute Gasteiger partial charge is 0.267 e. The molecule has 2 N–H and O–H groups in total. The molecule has 0 unspecified atom stereocenters. The Hall–Kier alpha value is -3.51. The van der Waals surface area contributed by atoms with Gasteiger partial charge >= 0.3 is 0 Å². The van der Waals surface area contributed by atoms with Crippen LogP contribution in [-0.2, 0) is 6.61 Å². The maximum atomic E-state index is 13.1. The molecule has 0 saturated heterocycles. The lowest BCUT2D eigenvalue weighted by Crippen LogP contribution is -2.22. The van der Waals surface area contributed by atoms with Crippen molar-refractivity contribution in [3.05, 3.63) is 89.0 Å². The van der Waals surface area contributed by atoms with E-state index in [0.717, 1.165) is 11.3 Å². The number of aromatic nitrogens is 3. The number of fused-ring (bicyclic) bond motifs is 1. The van der Waals surface area contributed by atoms with Gasteiger partial charge in [-0.25, -0.2) is 9.55 Å². The molecule has 0 aliphatic rings. The number of para-hydroxylation sites is 1. The van der Waals surface area contributed by atoms with Crippen molar-refractivity contribution in [2.45, 2.75) is 6.61 Å². The van der Waals surface area contributed by atoms with E-state index in [9.17, 15) is 9.90 Å². The lowest BCUT2D eigenvalue weighted by molar-refractivity contribution is 0.282. The minimum atomic E-state index is -0.168. The molecule has 0 spiro atoms. The summed E-state index contributed by atoms with van der Waals surface area (Å²) in [6, 6.07) is 18.1. The highest BCUT2D eigenvalue weighted by atomic mass is 16.3. The van der Waals surface area contributed by atoms with E-state index >= 15 is 0 Å². The summed E-state index contributed by atoms with van der Waals surface area (Å²) in [4.78, 5) is 21.8. The van der Waals surface area contributed by atoms with E-state index in [0.29, 0.717) is 22.5 Å². The average Bonchev–Trinajstić information content (AvgIpc) is 2.69. The quantitative estimate of drug-likeness (QED) is 0.595. The summed E-state index contributed by atoms with van der Waals surface area (Å²) >= 11 is 0. The van der Waals surface area contributed by atoms with E-state index in [4.69, 9.17) is 0 Å². The Morgan fingerprint density at radius 2 is 1.81 bits per heavy atom. The molecule has 128 valence electrons. The molecule has 26 heavy (non-hydrogen) atoms. The number of anilines is 2. The van der Waals surface area contributed by atoms with E-state index in [1.807, 2.05) is 48.5 Å². The molecule has 0 fully saturated rings. The van der Waals surface area contributed by atoms with Gasteiger partial charge in [0.25, 0.3) is 5.56 Å². The summed E-state index contributed by atoms with van der Waals surface area (Å²) in [5.41, 5.74) is 2.66. The molecule has 2 heterocycles. The van der Waals surface area contributed by atoms with Gasteiger partial charge in [-0.3, -0.25) is 9.78 Å². The predicted octanol–water partition coefficient (Wildman–Crippen LogP) is 3.02. The third kappa shape index (κ3) is 2.94. The van der Waals surface area contributed by atoms with Crippen LogP contribution in [0.25, 0.3) is 16.6 Å². The van der Waals surface area contributed by atoms with Crippen LogP contribution in [0.15, 0.2) is 77.9 Å². The monoisotopic (exact) mass is 344 g/mol. The van der Waals surface area contributed by atoms with Gasteiger partial charge in [-0.1, -0.05) is 24.3 Å². The highest BCUT2D eigenvalue weighted by Gasteiger charge is 2.13. The minimum absolute atomic E-state index is 0.0190. The number of benzene rings is 2. The Labute approximate surface area is 149 Å². The van der Waals surface area contributed by atoms with Gasteiger partial charge in [0.1, 0.15) is 0 Å². The first-order valence-electron chi connectivity index (χ1n) is 8.15. The molecule has 0 aliphatic heterocycles. The normalized spacial score (nSPS) is 10.8. The van der Waals surface area contributed by atoms with Crippen molar-refractivity contribution in [1.29, 1.82) is 0 Å². The molecule has 0 amide bonds. The molecule has 2 aromatic carbocycles. The van der Waals surface area contributed by atoms with Crippen molar-refractivity contribution >= 4 is 22.5 Å². The summed E-state index contributed by atoms with van der Waals surface area (Å²) in [6.07, 6.45) is 3.28. The van der Waals surface area contributed by atoms with Crippen molar-refractivity contribution in [1.82, 2.24) is 14.5 Å². The first-order chi connectivity index (χ1) is 12.8. The number of aliphatic hydroxyl groups is 1. The second-order valence-corrected chi connectivity index (χ2v) is 5.78. The van der Waals surface area contributed by atoms with Crippen molar-refractivity contribution < 1.29 is 5.11 Å². The SMILES string of the molecule is O=c1c2ccccc2nc(Nc2ccc(CO)cc2)n1-c1cccnc1. The first kappa shape index (κ1) is 16.0. The predicted molar refractivity (Wildman–Crippen MR) is 101 cm³/mol. The lowest BCUT2D eigenvalue weighted by Gasteiger charge is -2.15. The highest BCUT2D eigenvalue weighted by molar-refractivity contribution is 5.79. The summed E-state index contributed by atoms with van der Waals surface area (Å²) in [5, 5.41) is 12.9. The van der Waals surface area contributed by atoms with Crippen LogP contribution in [0.5, 0.6) is 0 Å². The summed E-state index contributed by atoms with van der Waals surface area (Å²) < 4.78 is 1.51. The van der Waals surface area contributed by atoms with E-state index in [2.05, 4.69) is 15.3 Å². The molecule has 0 atom stereocenters. The molecule has 4 rings (SSSR count). The molecular weight excluding hydrogens is 328 g/mol. The molecule has 6 heteroatoms. The third-order valence-electron chi connectivity index (χ3n) is 4.07. The zero-order valence-electron chi connectivity index (χ0n) is 13.8. The van der Waals surface area contributed by atoms with Gasteiger partial charge in [0.2, 0.25) is 5.95 Å². The maximum Gasteiger partial charge on any atom is 0.267 e. The number of rotatable bonds is 4. The van der Waals surface area contributed by atoms with Crippen molar-refractivity contribution in [3.63, 3.8) is 0 Å². The van der Waals surface area contributed by atoms with Crippen LogP contribution in [0.2, 0.25) is 0 Å².